The Kier molecular flexibility index (Phi) is 3.77. The maximum Gasteiger partial charge on any atom is 0.416 e. The number of nitrogen functional groups attached to an aromatic ring is 1. The Morgan fingerprint density at radius 1 is 1.10 bits per heavy atom. The zero-order valence-electron chi connectivity index (χ0n) is 10.4. The molecule has 106 valence electrons. The Bertz CT molecular complexity index is 665. The number of alkyl halides is 3. The second kappa shape index (κ2) is 5.09. The molecule has 0 spiro atoms. The summed E-state index contributed by atoms with van der Waals surface area (Å²) in [4.78, 5) is 0. The van der Waals surface area contributed by atoms with E-state index in [4.69, 9.17) is 5.73 Å². The highest BCUT2D eigenvalue weighted by Crippen LogP contribution is 2.38. The summed E-state index contributed by atoms with van der Waals surface area (Å²) in [6, 6.07) is 6.33. The maximum absolute atomic E-state index is 13.8. The van der Waals surface area contributed by atoms with Gasteiger partial charge >= 0.3 is 6.18 Å². The van der Waals surface area contributed by atoms with E-state index < -0.39 is 17.6 Å². The van der Waals surface area contributed by atoms with Gasteiger partial charge in [0.15, 0.2) is 0 Å². The van der Waals surface area contributed by atoms with Gasteiger partial charge in [-0.1, -0.05) is 15.9 Å². The van der Waals surface area contributed by atoms with Crippen molar-refractivity contribution in [2.75, 3.05) is 5.73 Å². The van der Waals surface area contributed by atoms with Crippen LogP contribution in [0.15, 0.2) is 34.8 Å². The molecule has 0 aliphatic rings. The summed E-state index contributed by atoms with van der Waals surface area (Å²) in [5, 5.41) is 0. The highest BCUT2D eigenvalue weighted by atomic mass is 79.9. The standard InChI is InChI=1S/C14H10BrF4N/c1-7-11(14(17,18)19)4-8(5-13(7)20)10-6-9(15)2-3-12(10)16/h2-6H,20H2,1H3. The molecule has 0 amide bonds. The van der Waals surface area contributed by atoms with Crippen LogP contribution in [0.5, 0.6) is 0 Å². The summed E-state index contributed by atoms with van der Waals surface area (Å²) in [5.41, 5.74) is 4.84. The molecule has 0 aliphatic carbocycles. The van der Waals surface area contributed by atoms with E-state index in [0.29, 0.717) is 4.47 Å². The molecule has 0 unspecified atom stereocenters. The third-order valence-corrected chi connectivity index (χ3v) is 3.49. The van der Waals surface area contributed by atoms with Crippen LogP contribution >= 0.6 is 15.9 Å². The first kappa shape index (κ1) is 14.8. The van der Waals surface area contributed by atoms with Gasteiger partial charge in [0.1, 0.15) is 5.82 Å². The first-order valence-electron chi connectivity index (χ1n) is 5.63. The van der Waals surface area contributed by atoms with Crippen LogP contribution in [0.3, 0.4) is 0 Å². The number of hydrogen-bond donors (Lipinski definition) is 1. The monoisotopic (exact) mass is 347 g/mol. The minimum absolute atomic E-state index is 0.0193. The largest absolute Gasteiger partial charge is 0.416 e. The van der Waals surface area contributed by atoms with E-state index in [2.05, 4.69) is 15.9 Å². The second-order valence-corrected chi connectivity index (χ2v) is 5.28. The first-order chi connectivity index (χ1) is 9.20. The molecular formula is C14H10BrF4N. The van der Waals surface area contributed by atoms with Crippen LogP contribution in [-0.4, -0.2) is 0 Å². The molecule has 0 aliphatic heterocycles. The number of anilines is 1. The van der Waals surface area contributed by atoms with E-state index >= 15 is 0 Å². The van der Waals surface area contributed by atoms with Crippen molar-refractivity contribution in [3.05, 3.63) is 51.7 Å². The summed E-state index contributed by atoms with van der Waals surface area (Å²) in [6.45, 7) is 1.29. The van der Waals surface area contributed by atoms with Gasteiger partial charge in [0.05, 0.1) is 5.56 Å². The van der Waals surface area contributed by atoms with Crippen molar-refractivity contribution in [2.24, 2.45) is 0 Å². The van der Waals surface area contributed by atoms with E-state index in [-0.39, 0.29) is 22.4 Å². The van der Waals surface area contributed by atoms with Gasteiger partial charge in [-0.25, -0.2) is 4.39 Å². The highest BCUT2D eigenvalue weighted by molar-refractivity contribution is 9.10. The lowest BCUT2D eigenvalue weighted by Gasteiger charge is -2.15. The molecule has 0 aromatic heterocycles. The molecule has 0 atom stereocenters. The number of benzene rings is 2. The third-order valence-electron chi connectivity index (χ3n) is 2.99. The van der Waals surface area contributed by atoms with Crippen LogP contribution in [0.25, 0.3) is 11.1 Å². The average molecular weight is 348 g/mol. The van der Waals surface area contributed by atoms with Crippen LogP contribution in [0.4, 0.5) is 23.2 Å². The van der Waals surface area contributed by atoms with Gasteiger partial charge in [-0.15, -0.1) is 0 Å². The lowest BCUT2D eigenvalue weighted by molar-refractivity contribution is -0.138. The predicted octanol–water partition coefficient (Wildman–Crippen LogP) is 5.16. The lowest BCUT2D eigenvalue weighted by Crippen LogP contribution is -2.09. The van der Waals surface area contributed by atoms with Crippen molar-refractivity contribution in [3.8, 4) is 11.1 Å². The third kappa shape index (κ3) is 2.80. The number of hydrogen-bond acceptors (Lipinski definition) is 1. The fraction of sp³-hybridized carbons (Fsp3) is 0.143. The summed E-state index contributed by atoms with van der Waals surface area (Å²) in [7, 11) is 0. The van der Waals surface area contributed by atoms with Crippen molar-refractivity contribution in [3.63, 3.8) is 0 Å². The Morgan fingerprint density at radius 3 is 2.35 bits per heavy atom. The van der Waals surface area contributed by atoms with E-state index in [1.165, 1.54) is 31.2 Å². The van der Waals surface area contributed by atoms with E-state index in [1.807, 2.05) is 0 Å². The average Bonchev–Trinajstić information content (AvgIpc) is 2.34. The van der Waals surface area contributed by atoms with Gasteiger partial charge in [0, 0.05) is 15.7 Å². The minimum atomic E-state index is -4.53. The van der Waals surface area contributed by atoms with Crippen LogP contribution in [-0.2, 0) is 6.18 Å². The molecule has 2 N–H and O–H groups in total. The molecule has 0 saturated carbocycles. The summed E-state index contributed by atoms with van der Waals surface area (Å²) < 4.78 is 53.2. The van der Waals surface area contributed by atoms with Gasteiger partial charge in [-0.2, -0.15) is 13.2 Å². The summed E-state index contributed by atoms with van der Waals surface area (Å²) >= 11 is 3.16. The number of nitrogens with two attached hydrogens (primary N) is 1. The normalized spacial score (nSPS) is 11.7. The van der Waals surface area contributed by atoms with E-state index in [9.17, 15) is 17.6 Å². The zero-order valence-corrected chi connectivity index (χ0v) is 11.9. The van der Waals surface area contributed by atoms with E-state index in [0.717, 1.165) is 6.07 Å². The van der Waals surface area contributed by atoms with Gasteiger partial charge in [0.2, 0.25) is 0 Å². The minimum Gasteiger partial charge on any atom is -0.398 e. The Hall–Kier alpha value is -1.56. The molecule has 0 heterocycles. The van der Waals surface area contributed by atoms with Crippen molar-refractivity contribution < 1.29 is 17.6 Å². The number of halogens is 5. The molecule has 0 radical (unpaired) electrons. The number of rotatable bonds is 1. The smallest absolute Gasteiger partial charge is 0.398 e. The van der Waals surface area contributed by atoms with Crippen molar-refractivity contribution in [2.45, 2.75) is 13.1 Å². The van der Waals surface area contributed by atoms with Crippen molar-refractivity contribution >= 4 is 21.6 Å². The van der Waals surface area contributed by atoms with Crippen LogP contribution in [0.2, 0.25) is 0 Å². The SMILES string of the molecule is Cc1c(N)cc(-c2cc(Br)ccc2F)cc1C(F)(F)F. The molecule has 2 aromatic carbocycles. The summed E-state index contributed by atoms with van der Waals surface area (Å²) in [5.74, 6) is -0.607. The Balaban J connectivity index is 2.70. The molecule has 0 fully saturated rings. The van der Waals surface area contributed by atoms with Gasteiger partial charge < -0.3 is 5.73 Å². The lowest BCUT2D eigenvalue weighted by atomic mass is 9.97. The van der Waals surface area contributed by atoms with Crippen molar-refractivity contribution in [1.29, 1.82) is 0 Å². The second-order valence-electron chi connectivity index (χ2n) is 4.36. The maximum atomic E-state index is 13.8. The predicted molar refractivity (Wildman–Crippen MR) is 73.7 cm³/mol. The van der Waals surface area contributed by atoms with E-state index in [1.54, 1.807) is 0 Å². The van der Waals surface area contributed by atoms with Crippen LogP contribution < -0.4 is 5.73 Å². The topological polar surface area (TPSA) is 26.0 Å². The Labute approximate surface area is 121 Å². The fourth-order valence-corrected chi connectivity index (χ4v) is 2.27. The molecule has 6 heteroatoms. The fourth-order valence-electron chi connectivity index (χ4n) is 1.91. The molecule has 2 aromatic rings. The van der Waals surface area contributed by atoms with Gasteiger partial charge in [-0.3, -0.25) is 0 Å². The molecule has 0 bridgehead atoms. The highest BCUT2D eigenvalue weighted by Gasteiger charge is 2.33. The molecule has 20 heavy (non-hydrogen) atoms. The van der Waals surface area contributed by atoms with Gasteiger partial charge in [-0.05, 0) is 48.4 Å². The zero-order chi connectivity index (χ0) is 15.1. The molecule has 2 rings (SSSR count). The summed E-state index contributed by atoms with van der Waals surface area (Å²) in [6.07, 6.45) is -4.53. The van der Waals surface area contributed by atoms with Crippen molar-refractivity contribution in [1.82, 2.24) is 0 Å². The molecular weight excluding hydrogens is 338 g/mol. The quantitative estimate of drug-likeness (QED) is 0.559. The molecule has 0 saturated heterocycles. The van der Waals surface area contributed by atoms with Crippen LogP contribution in [0.1, 0.15) is 11.1 Å². The Morgan fingerprint density at radius 2 is 1.75 bits per heavy atom. The molecule has 1 nitrogen and oxygen atoms in total. The first-order valence-corrected chi connectivity index (χ1v) is 6.42. The van der Waals surface area contributed by atoms with Crippen LogP contribution in [0, 0.1) is 12.7 Å². The van der Waals surface area contributed by atoms with Gasteiger partial charge in [0.25, 0.3) is 0 Å².